The Kier molecular flexibility index (Phi) is 8.76. The normalized spacial score (nSPS) is 35.8. The van der Waals surface area contributed by atoms with Gasteiger partial charge < -0.3 is 15.3 Å². The molecule has 7 atom stereocenters. The first kappa shape index (κ1) is 28.2. The van der Waals surface area contributed by atoms with Crippen molar-refractivity contribution in [1.82, 2.24) is 20.2 Å². The third kappa shape index (κ3) is 6.43. The molecule has 1 unspecified atom stereocenters. The Labute approximate surface area is 222 Å². The van der Waals surface area contributed by atoms with E-state index in [4.69, 9.17) is 0 Å². The van der Waals surface area contributed by atoms with E-state index in [1.54, 1.807) is 0 Å². The van der Waals surface area contributed by atoms with Crippen LogP contribution in [0.2, 0.25) is 0 Å². The van der Waals surface area contributed by atoms with Crippen LogP contribution in [0.3, 0.4) is 0 Å². The first-order valence-electron chi connectivity index (χ1n) is 14.4. The van der Waals surface area contributed by atoms with Gasteiger partial charge in [-0.1, -0.05) is 51.0 Å². The molecule has 0 radical (unpaired) electrons. The van der Waals surface area contributed by atoms with Gasteiger partial charge in [0.2, 0.25) is 0 Å². The molecule has 3 saturated carbocycles. The minimum Gasteiger partial charge on any atom is -0.392 e. The summed E-state index contributed by atoms with van der Waals surface area (Å²) in [5.74, 6) is 1.72. The Morgan fingerprint density at radius 2 is 2.05 bits per heavy atom. The molecule has 0 amide bonds. The number of fused-ring (bicyclic) bond motifs is 1. The molecule has 4 rings (SSSR count). The first-order valence-corrected chi connectivity index (χ1v) is 14.4. The number of allylic oxidation sites excluding steroid dienone is 3. The van der Waals surface area contributed by atoms with Crippen LogP contribution in [0.5, 0.6) is 0 Å². The average Bonchev–Trinajstić information content (AvgIpc) is 3.47. The molecule has 3 aliphatic carbocycles. The topological polar surface area (TPSA) is 104 Å². The second kappa shape index (κ2) is 11.5. The Balaban J connectivity index is 1.41. The van der Waals surface area contributed by atoms with Crippen molar-refractivity contribution in [3.05, 3.63) is 41.8 Å². The molecule has 0 saturated heterocycles. The fourth-order valence-electron chi connectivity index (χ4n) is 7.73. The summed E-state index contributed by atoms with van der Waals surface area (Å²) in [5, 5.41) is 43.5. The molecule has 0 bridgehead atoms. The van der Waals surface area contributed by atoms with Gasteiger partial charge in [-0.2, -0.15) is 4.80 Å². The fourth-order valence-corrected chi connectivity index (χ4v) is 7.73. The summed E-state index contributed by atoms with van der Waals surface area (Å²) in [7, 11) is 0. The van der Waals surface area contributed by atoms with Gasteiger partial charge in [0.05, 0.1) is 24.4 Å². The van der Waals surface area contributed by atoms with Gasteiger partial charge in [-0.05, 0) is 105 Å². The van der Waals surface area contributed by atoms with Gasteiger partial charge >= 0.3 is 0 Å². The lowest BCUT2D eigenvalue weighted by Crippen LogP contribution is -2.39. The highest BCUT2D eigenvalue weighted by atomic mass is 16.3. The van der Waals surface area contributed by atoms with Crippen molar-refractivity contribution < 1.29 is 15.3 Å². The SMILES string of the molecule is C=C1/C(=C\C=C2/CCC[C@]3(C)[C@@H]([C@H](C)CCCC(C)(C)O)CC[C@@H]23)C[C@@H](O)[C@H](CCn2ncnn2)C1O. The lowest BCUT2D eigenvalue weighted by molar-refractivity contribution is 0.0110. The van der Waals surface area contributed by atoms with E-state index >= 15 is 0 Å². The number of aliphatic hydroxyl groups excluding tert-OH is 2. The molecule has 3 fully saturated rings. The lowest BCUT2D eigenvalue weighted by atomic mass is 9.60. The number of hydrogen-bond acceptors (Lipinski definition) is 6. The lowest BCUT2D eigenvalue weighted by Gasteiger charge is -2.44. The van der Waals surface area contributed by atoms with Crippen LogP contribution in [0.15, 0.2) is 41.8 Å². The molecular weight excluding hydrogens is 464 g/mol. The summed E-state index contributed by atoms with van der Waals surface area (Å²) in [5.41, 5.74) is 2.98. The van der Waals surface area contributed by atoms with Crippen LogP contribution < -0.4 is 0 Å². The molecule has 1 heterocycles. The number of aromatic nitrogens is 4. The molecule has 1 aromatic heterocycles. The summed E-state index contributed by atoms with van der Waals surface area (Å²) in [6, 6.07) is 0. The van der Waals surface area contributed by atoms with E-state index in [-0.39, 0.29) is 5.92 Å². The summed E-state index contributed by atoms with van der Waals surface area (Å²) >= 11 is 0. The third-order valence-electron chi connectivity index (χ3n) is 9.82. The predicted molar refractivity (Wildman–Crippen MR) is 145 cm³/mol. The van der Waals surface area contributed by atoms with Gasteiger partial charge in [0, 0.05) is 5.92 Å². The quantitative estimate of drug-likeness (QED) is 0.430. The van der Waals surface area contributed by atoms with Crippen molar-refractivity contribution in [3.63, 3.8) is 0 Å². The second-order valence-electron chi connectivity index (χ2n) is 12.9. The number of rotatable bonds is 9. The van der Waals surface area contributed by atoms with Crippen LogP contribution in [0.25, 0.3) is 0 Å². The summed E-state index contributed by atoms with van der Waals surface area (Å²) < 4.78 is 0. The average molecular weight is 513 g/mol. The van der Waals surface area contributed by atoms with Gasteiger partial charge in [-0.25, -0.2) is 0 Å². The van der Waals surface area contributed by atoms with Crippen molar-refractivity contribution in [1.29, 1.82) is 0 Å². The highest BCUT2D eigenvalue weighted by Crippen LogP contribution is 2.60. The van der Waals surface area contributed by atoms with Crippen molar-refractivity contribution >= 4 is 0 Å². The summed E-state index contributed by atoms with van der Waals surface area (Å²) in [4.78, 5) is 1.49. The maximum atomic E-state index is 10.9. The summed E-state index contributed by atoms with van der Waals surface area (Å²) in [6.45, 7) is 13.5. The van der Waals surface area contributed by atoms with Crippen molar-refractivity contribution in [3.8, 4) is 0 Å². The Hall–Kier alpha value is -1.83. The molecule has 0 aliphatic heterocycles. The van der Waals surface area contributed by atoms with Crippen LogP contribution in [0.4, 0.5) is 0 Å². The van der Waals surface area contributed by atoms with Gasteiger partial charge in [-0.3, -0.25) is 0 Å². The highest BCUT2D eigenvalue weighted by molar-refractivity contribution is 5.39. The number of aryl methyl sites for hydroxylation is 1. The largest absolute Gasteiger partial charge is 0.392 e. The van der Waals surface area contributed by atoms with Crippen LogP contribution in [0.1, 0.15) is 91.9 Å². The van der Waals surface area contributed by atoms with E-state index in [0.29, 0.717) is 36.6 Å². The minimum absolute atomic E-state index is 0.283. The van der Waals surface area contributed by atoms with Gasteiger partial charge in [0.1, 0.15) is 0 Å². The minimum atomic E-state index is -0.769. The molecule has 3 aliphatic rings. The Morgan fingerprint density at radius 1 is 1.27 bits per heavy atom. The number of nitrogens with zero attached hydrogens (tertiary/aromatic N) is 4. The standard InChI is InChI=1S/C30H48N4O3/c1-20(8-6-15-29(3,4)37)25-12-13-26-22(9-7-16-30(25,26)5)10-11-23-18-27(35)24(28(36)21(23)2)14-17-34-32-19-31-33-34/h10-11,19-20,24-28,35-37H,2,6-9,12-18H2,1,3-5H3/b22-10+,23-11-/t20-,24+,25-,26+,27-,28?,30-/m1/s1. The van der Waals surface area contributed by atoms with E-state index in [1.807, 2.05) is 13.8 Å². The van der Waals surface area contributed by atoms with Crippen molar-refractivity contribution in [2.24, 2.45) is 29.1 Å². The van der Waals surface area contributed by atoms with Crippen LogP contribution in [-0.4, -0.2) is 53.3 Å². The molecule has 3 N–H and O–H groups in total. The molecular formula is C30H48N4O3. The Bertz CT molecular complexity index is 979. The zero-order chi connectivity index (χ0) is 26.8. The number of hydrogen-bond donors (Lipinski definition) is 3. The summed E-state index contributed by atoms with van der Waals surface area (Å²) in [6.07, 6.45) is 14.8. The van der Waals surface area contributed by atoms with Crippen LogP contribution in [-0.2, 0) is 6.54 Å². The van der Waals surface area contributed by atoms with Gasteiger partial charge in [0.15, 0.2) is 6.33 Å². The molecule has 206 valence electrons. The van der Waals surface area contributed by atoms with Crippen LogP contribution in [0, 0.1) is 29.1 Å². The first-order chi connectivity index (χ1) is 17.5. The van der Waals surface area contributed by atoms with Gasteiger partial charge in [-0.15, -0.1) is 10.2 Å². The van der Waals surface area contributed by atoms with E-state index in [9.17, 15) is 15.3 Å². The second-order valence-corrected chi connectivity index (χ2v) is 12.9. The van der Waals surface area contributed by atoms with E-state index in [1.165, 1.54) is 48.8 Å². The van der Waals surface area contributed by atoms with E-state index in [0.717, 1.165) is 36.3 Å². The third-order valence-corrected chi connectivity index (χ3v) is 9.82. The molecule has 0 spiro atoms. The van der Waals surface area contributed by atoms with E-state index in [2.05, 4.69) is 48.0 Å². The van der Waals surface area contributed by atoms with E-state index < -0.39 is 17.8 Å². The number of aliphatic hydroxyl groups is 3. The van der Waals surface area contributed by atoms with Gasteiger partial charge in [0.25, 0.3) is 0 Å². The monoisotopic (exact) mass is 512 g/mol. The fraction of sp³-hybridized carbons (Fsp3) is 0.767. The maximum absolute atomic E-state index is 10.9. The predicted octanol–water partition coefficient (Wildman–Crippen LogP) is 5.01. The molecule has 7 heteroatoms. The Morgan fingerprint density at radius 3 is 2.76 bits per heavy atom. The molecule has 37 heavy (non-hydrogen) atoms. The molecule has 0 aromatic carbocycles. The maximum Gasteiger partial charge on any atom is 0.162 e. The smallest absolute Gasteiger partial charge is 0.162 e. The van der Waals surface area contributed by atoms with Crippen molar-refractivity contribution in [2.75, 3.05) is 0 Å². The highest BCUT2D eigenvalue weighted by Gasteiger charge is 2.50. The number of tetrazole rings is 1. The van der Waals surface area contributed by atoms with Crippen molar-refractivity contribution in [2.45, 2.75) is 116 Å². The molecule has 7 nitrogen and oxygen atoms in total. The molecule has 1 aromatic rings. The zero-order valence-electron chi connectivity index (χ0n) is 23.3. The zero-order valence-corrected chi connectivity index (χ0v) is 23.3. The van der Waals surface area contributed by atoms with Crippen LogP contribution >= 0.6 is 0 Å².